The van der Waals surface area contributed by atoms with Gasteiger partial charge in [0.15, 0.2) is 0 Å². The van der Waals surface area contributed by atoms with Gasteiger partial charge in [0, 0.05) is 18.7 Å². The third kappa shape index (κ3) is 2.72. The van der Waals surface area contributed by atoms with Gasteiger partial charge < -0.3 is 10.6 Å². The number of carbonyl (C=O) groups excluding carboxylic acids is 1. The molecule has 1 unspecified atom stereocenters. The first-order valence-corrected chi connectivity index (χ1v) is 6.69. The van der Waals surface area contributed by atoms with Crippen molar-refractivity contribution in [3.8, 4) is 0 Å². The lowest BCUT2D eigenvalue weighted by molar-refractivity contribution is -0.116. The van der Waals surface area contributed by atoms with E-state index < -0.39 is 0 Å². The maximum absolute atomic E-state index is 11.3. The van der Waals surface area contributed by atoms with Crippen LogP contribution in [0.1, 0.15) is 37.3 Å². The standard InChI is InChI=1S/C15H22N2O/c1-10(2)13(9-16-3)11-4-6-14-12(8-11)5-7-15(18)17-14/h4,6,8,10,13,16H,5,7,9H2,1-3H3,(H,17,18). The molecule has 1 atom stereocenters. The number of aryl methyl sites for hydroxylation is 1. The molecule has 0 fully saturated rings. The van der Waals surface area contributed by atoms with E-state index in [9.17, 15) is 4.79 Å². The Morgan fingerprint density at radius 3 is 2.78 bits per heavy atom. The van der Waals surface area contributed by atoms with Crippen molar-refractivity contribution < 1.29 is 4.79 Å². The molecule has 2 rings (SSSR count). The first-order valence-electron chi connectivity index (χ1n) is 6.69. The summed E-state index contributed by atoms with van der Waals surface area (Å²) < 4.78 is 0. The number of hydrogen-bond acceptors (Lipinski definition) is 2. The molecule has 98 valence electrons. The van der Waals surface area contributed by atoms with E-state index in [2.05, 4.69) is 36.6 Å². The van der Waals surface area contributed by atoms with Crippen molar-refractivity contribution in [3.63, 3.8) is 0 Å². The van der Waals surface area contributed by atoms with E-state index in [1.165, 1.54) is 11.1 Å². The van der Waals surface area contributed by atoms with Crippen LogP contribution in [0.4, 0.5) is 5.69 Å². The van der Waals surface area contributed by atoms with Gasteiger partial charge in [-0.15, -0.1) is 0 Å². The number of benzene rings is 1. The second-order valence-electron chi connectivity index (χ2n) is 5.37. The highest BCUT2D eigenvalue weighted by Crippen LogP contribution is 2.29. The van der Waals surface area contributed by atoms with Gasteiger partial charge in [0.2, 0.25) is 5.91 Å². The van der Waals surface area contributed by atoms with Crippen LogP contribution in [-0.2, 0) is 11.2 Å². The highest BCUT2D eigenvalue weighted by Gasteiger charge is 2.19. The molecule has 1 aromatic carbocycles. The van der Waals surface area contributed by atoms with Gasteiger partial charge in [-0.1, -0.05) is 26.0 Å². The van der Waals surface area contributed by atoms with Crippen LogP contribution in [-0.4, -0.2) is 19.5 Å². The zero-order chi connectivity index (χ0) is 13.1. The van der Waals surface area contributed by atoms with Crippen molar-refractivity contribution in [1.29, 1.82) is 0 Å². The first kappa shape index (κ1) is 13.1. The molecular weight excluding hydrogens is 224 g/mol. The van der Waals surface area contributed by atoms with Gasteiger partial charge in [0.1, 0.15) is 0 Å². The summed E-state index contributed by atoms with van der Waals surface area (Å²) in [6.45, 7) is 5.50. The Morgan fingerprint density at radius 1 is 1.33 bits per heavy atom. The fourth-order valence-electron chi connectivity index (χ4n) is 2.59. The number of hydrogen-bond donors (Lipinski definition) is 2. The van der Waals surface area contributed by atoms with Crippen molar-refractivity contribution in [2.75, 3.05) is 18.9 Å². The third-order valence-corrected chi connectivity index (χ3v) is 3.68. The van der Waals surface area contributed by atoms with Gasteiger partial charge in [-0.05, 0) is 42.5 Å². The molecule has 18 heavy (non-hydrogen) atoms. The molecule has 1 amide bonds. The van der Waals surface area contributed by atoms with E-state index in [0.29, 0.717) is 18.3 Å². The van der Waals surface area contributed by atoms with Crippen molar-refractivity contribution in [3.05, 3.63) is 29.3 Å². The van der Waals surface area contributed by atoms with E-state index in [1.54, 1.807) is 0 Å². The molecule has 0 aromatic heterocycles. The van der Waals surface area contributed by atoms with Gasteiger partial charge in [-0.2, -0.15) is 0 Å². The van der Waals surface area contributed by atoms with Crippen LogP contribution in [0.2, 0.25) is 0 Å². The molecule has 3 nitrogen and oxygen atoms in total. The highest BCUT2D eigenvalue weighted by molar-refractivity contribution is 5.93. The topological polar surface area (TPSA) is 41.1 Å². The van der Waals surface area contributed by atoms with Crippen LogP contribution in [0.3, 0.4) is 0 Å². The molecule has 0 radical (unpaired) electrons. The van der Waals surface area contributed by atoms with Gasteiger partial charge in [0.05, 0.1) is 0 Å². The molecule has 1 aliphatic heterocycles. The van der Waals surface area contributed by atoms with Gasteiger partial charge in [-0.3, -0.25) is 4.79 Å². The van der Waals surface area contributed by atoms with Crippen molar-refractivity contribution >= 4 is 11.6 Å². The van der Waals surface area contributed by atoms with E-state index in [-0.39, 0.29) is 5.91 Å². The van der Waals surface area contributed by atoms with E-state index in [4.69, 9.17) is 0 Å². The Bertz CT molecular complexity index is 440. The number of fused-ring (bicyclic) bond motifs is 1. The first-order chi connectivity index (χ1) is 8.61. The molecule has 3 heteroatoms. The minimum Gasteiger partial charge on any atom is -0.326 e. The fourth-order valence-corrected chi connectivity index (χ4v) is 2.59. The largest absolute Gasteiger partial charge is 0.326 e. The fraction of sp³-hybridized carbons (Fsp3) is 0.533. The predicted octanol–water partition coefficient (Wildman–Crippen LogP) is 2.53. The summed E-state index contributed by atoms with van der Waals surface area (Å²) in [7, 11) is 1.99. The number of likely N-dealkylation sites (N-methyl/N-ethyl adjacent to an activating group) is 1. The minimum atomic E-state index is 0.130. The summed E-state index contributed by atoms with van der Waals surface area (Å²) in [5.74, 6) is 1.26. The predicted molar refractivity (Wildman–Crippen MR) is 74.9 cm³/mol. The summed E-state index contributed by atoms with van der Waals surface area (Å²) in [5, 5.41) is 6.20. The van der Waals surface area contributed by atoms with E-state index in [0.717, 1.165) is 18.7 Å². The molecule has 0 spiro atoms. The summed E-state index contributed by atoms with van der Waals surface area (Å²) in [4.78, 5) is 11.3. The molecule has 2 N–H and O–H groups in total. The van der Waals surface area contributed by atoms with E-state index in [1.807, 2.05) is 13.1 Å². The van der Waals surface area contributed by atoms with Crippen molar-refractivity contribution in [2.45, 2.75) is 32.6 Å². The highest BCUT2D eigenvalue weighted by atomic mass is 16.1. The number of rotatable bonds is 4. The molecule has 0 bridgehead atoms. The van der Waals surface area contributed by atoms with Crippen LogP contribution in [0.15, 0.2) is 18.2 Å². The summed E-state index contributed by atoms with van der Waals surface area (Å²) >= 11 is 0. The Balaban J connectivity index is 2.27. The monoisotopic (exact) mass is 246 g/mol. The smallest absolute Gasteiger partial charge is 0.224 e. The second-order valence-corrected chi connectivity index (χ2v) is 5.37. The summed E-state index contributed by atoms with van der Waals surface area (Å²) in [5.41, 5.74) is 3.63. The van der Waals surface area contributed by atoms with Crippen LogP contribution in [0.25, 0.3) is 0 Å². The lowest BCUT2D eigenvalue weighted by Gasteiger charge is -2.24. The number of anilines is 1. The molecular formula is C15H22N2O. The molecule has 1 heterocycles. The maximum Gasteiger partial charge on any atom is 0.224 e. The average molecular weight is 246 g/mol. The van der Waals surface area contributed by atoms with Gasteiger partial charge >= 0.3 is 0 Å². The Kier molecular flexibility index (Phi) is 4.02. The SMILES string of the molecule is CNCC(c1ccc2c(c1)CCC(=O)N2)C(C)C. The zero-order valence-electron chi connectivity index (χ0n) is 11.4. The normalized spacial score (nSPS) is 16.3. The lowest BCUT2D eigenvalue weighted by atomic mass is 9.86. The molecule has 0 aliphatic carbocycles. The average Bonchev–Trinajstić information content (AvgIpc) is 2.35. The molecule has 0 saturated carbocycles. The number of nitrogens with one attached hydrogen (secondary N) is 2. The molecule has 1 aliphatic rings. The third-order valence-electron chi connectivity index (χ3n) is 3.68. The van der Waals surface area contributed by atoms with Gasteiger partial charge in [-0.25, -0.2) is 0 Å². The second kappa shape index (κ2) is 5.53. The van der Waals surface area contributed by atoms with Crippen LogP contribution in [0, 0.1) is 5.92 Å². The summed E-state index contributed by atoms with van der Waals surface area (Å²) in [6, 6.07) is 6.45. The molecule has 0 saturated heterocycles. The number of carbonyl (C=O) groups is 1. The Morgan fingerprint density at radius 2 is 2.11 bits per heavy atom. The lowest BCUT2D eigenvalue weighted by Crippen LogP contribution is -2.23. The van der Waals surface area contributed by atoms with Crippen LogP contribution in [0.5, 0.6) is 0 Å². The number of amides is 1. The Labute approximate surface area is 109 Å². The van der Waals surface area contributed by atoms with Crippen LogP contribution >= 0.6 is 0 Å². The van der Waals surface area contributed by atoms with Crippen LogP contribution < -0.4 is 10.6 Å². The van der Waals surface area contributed by atoms with Gasteiger partial charge in [0.25, 0.3) is 0 Å². The minimum absolute atomic E-state index is 0.130. The molecule has 1 aromatic rings. The Hall–Kier alpha value is -1.35. The van der Waals surface area contributed by atoms with E-state index >= 15 is 0 Å². The maximum atomic E-state index is 11.3. The quantitative estimate of drug-likeness (QED) is 0.857. The summed E-state index contributed by atoms with van der Waals surface area (Å²) in [6.07, 6.45) is 1.47. The zero-order valence-corrected chi connectivity index (χ0v) is 11.4. The van der Waals surface area contributed by atoms with Crippen molar-refractivity contribution in [1.82, 2.24) is 5.32 Å². The van der Waals surface area contributed by atoms with Crippen molar-refractivity contribution in [2.24, 2.45) is 5.92 Å².